The number of nitrogens with zero attached hydrogens (tertiary/aromatic N) is 1. The van der Waals surface area contributed by atoms with Crippen molar-refractivity contribution in [3.05, 3.63) is 35.9 Å². The quantitative estimate of drug-likeness (QED) is 0.726. The summed E-state index contributed by atoms with van der Waals surface area (Å²) in [5.74, 6) is 0.826. The molecule has 0 saturated carbocycles. The maximum absolute atomic E-state index is 11.5. The normalized spacial score (nSPS) is 10.4. The fourth-order valence-electron chi connectivity index (χ4n) is 1.17. The molecule has 0 bridgehead atoms. The Labute approximate surface area is 96.3 Å². The van der Waals surface area contributed by atoms with E-state index in [9.17, 15) is 4.79 Å². The molecule has 1 amide bonds. The van der Waals surface area contributed by atoms with Gasteiger partial charge in [0.2, 0.25) is 5.91 Å². The smallest absolute Gasteiger partial charge is 0.246 e. The summed E-state index contributed by atoms with van der Waals surface area (Å²) in [5, 5.41) is 0. The highest BCUT2D eigenvalue weighted by molar-refractivity contribution is 5.91. The van der Waals surface area contributed by atoms with Crippen LogP contribution in [0.1, 0.15) is 12.5 Å². The van der Waals surface area contributed by atoms with Crippen LogP contribution in [0.15, 0.2) is 30.3 Å². The van der Waals surface area contributed by atoms with Gasteiger partial charge in [0.25, 0.3) is 0 Å². The van der Waals surface area contributed by atoms with Gasteiger partial charge in [0.1, 0.15) is 5.75 Å². The highest BCUT2D eigenvalue weighted by Crippen LogP contribution is 2.12. The molecule has 0 atom stereocenters. The first-order valence-corrected chi connectivity index (χ1v) is 5.24. The molecule has 0 heterocycles. The molecule has 3 heteroatoms. The van der Waals surface area contributed by atoms with Crippen LogP contribution in [0.5, 0.6) is 5.75 Å². The molecule has 1 rings (SSSR count). The van der Waals surface area contributed by atoms with Crippen LogP contribution >= 0.6 is 0 Å². The van der Waals surface area contributed by atoms with Gasteiger partial charge < -0.3 is 9.64 Å². The minimum Gasteiger partial charge on any atom is -0.497 e. The summed E-state index contributed by atoms with van der Waals surface area (Å²) < 4.78 is 5.05. The van der Waals surface area contributed by atoms with Crippen LogP contribution in [0.2, 0.25) is 0 Å². The van der Waals surface area contributed by atoms with E-state index in [0.29, 0.717) is 6.54 Å². The Kier molecular flexibility index (Phi) is 4.58. The molecule has 0 aliphatic heterocycles. The van der Waals surface area contributed by atoms with E-state index in [-0.39, 0.29) is 5.91 Å². The van der Waals surface area contributed by atoms with Crippen molar-refractivity contribution in [1.82, 2.24) is 4.90 Å². The number of hydrogen-bond acceptors (Lipinski definition) is 2. The molecular weight excluding hydrogens is 202 g/mol. The summed E-state index contributed by atoms with van der Waals surface area (Å²) in [4.78, 5) is 13.1. The molecule has 0 radical (unpaired) electrons. The third-order valence-electron chi connectivity index (χ3n) is 2.38. The lowest BCUT2D eigenvalue weighted by molar-refractivity contribution is -0.124. The maximum atomic E-state index is 11.5. The second kappa shape index (κ2) is 5.95. The Morgan fingerprint density at radius 3 is 2.50 bits per heavy atom. The van der Waals surface area contributed by atoms with Crippen LogP contribution in [-0.2, 0) is 4.79 Å². The van der Waals surface area contributed by atoms with Crippen molar-refractivity contribution in [1.29, 1.82) is 0 Å². The first kappa shape index (κ1) is 12.3. The van der Waals surface area contributed by atoms with Crippen LogP contribution in [-0.4, -0.2) is 31.5 Å². The zero-order valence-electron chi connectivity index (χ0n) is 9.93. The molecule has 0 saturated heterocycles. The van der Waals surface area contributed by atoms with E-state index in [0.717, 1.165) is 11.3 Å². The number of hydrogen-bond donors (Lipinski definition) is 0. The van der Waals surface area contributed by atoms with Crippen molar-refractivity contribution in [3.8, 4) is 5.75 Å². The highest BCUT2D eigenvalue weighted by Gasteiger charge is 2.00. The molecule has 0 aliphatic rings. The largest absolute Gasteiger partial charge is 0.497 e. The Morgan fingerprint density at radius 2 is 2.00 bits per heavy atom. The average Bonchev–Trinajstić information content (AvgIpc) is 2.35. The molecule has 0 aliphatic carbocycles. The van der Waals surface area contributed by atoms with Crippen LogP contribution in [0.3, 0.4) is 0 Å². The summed E-state index contributed by atoms with van der Waals surface area (Å²) in [6, 6.07) is 7.56. The molecule has 0 fully saturated rings. The highest BCUT2D eigenvalue weighted by atomic mass is 16.5. The first-order chi connectivity index (χ1) is 7.67. The van der Waals surface area contributed by atoms with Crippen molar-refractivity contribution in [3.63, 3.8) is 0 Å². The zero-order valence-corrected chi connectivity index (χ0v) is 9.93. The Balaban J connectivity index is 2.65. The molecule has 0 N–H and O–H groups in total. The van der Waals surface area contributed by atoms with E-state index in [2.05, 4.69) is 0 Å². The summed E-state index contributed by atoms with van der Waals surface area (Å²) in [7, 11) is 3.41. The van der Waals surface area contributed by atoms with Gasteiger partial charge in [-0.2, -0.15) is 0 Å². The van der Waals surface area contributed by atoms with E-state index in [4.69, 9.17) is 4.74 Å². The molecule has 3 nitrogen and oxygen atoms in total. The number of methoxy groups -OCH3 is 1. The van der Waals surface area contributed by atoms with Gasteiger partial charge >= 0.3 is 0 Å². The molecule has 1 aromatic carbocycles. The number of amides is 1. The number of ether oxygens (including phenoxy) is 1. The van der Waals surface area contributed by atoms with Crippen molar-refractivity contribution < 1.29 is 9.53 Å². The second-order valence-corrected chi connectivity index (χ2v) is 3.46. The lowest BCUT2D eigenvalue weighted by Gasteiger charge is -2.10. The van der Waals surface area contributed by atoms with E-state index in [1.165, 1.54) is 0 Å². The van der Waals surface area contributed by atoms with Gasteiger partial charge in [-0.1, -0.05) is 12.1 Å². The van der Waals surface area contributed by atoms with Gasteiger partial charge in [0.15, 0.2) is 0 Å². The minimum atomic E-state index is 0.0123. The fourth-order valence-corrected chi connectivity index (χ4v) is 1.17. The van der Waals surface area contributed by atoms with E-state index < -0.39 is 0 Å². The van der Waals surface area contributed by atoms with Crippen LogP contribution in [0, 0.1) is 0 Å². The molecule has 0 aromatic heterocycles. The SMILES string of the molecule is CCN(C)C(=O)/C=C/c1ccc(OC)cc1. The zero-order chi connectivity index (χ0) is 12.0. The van der Waals surface area contributed by atoms with Gasteiger partial charge in [-0.3, -0.25) is 4.79 Å². The lowest BCUT2D eigenvalue weighted by Crippen LogP contribution is -2.23. The summed E-state index contributed by atoms with van der Waals surface area (Å²) >= 11 is 0. The van der Waals surface area contributed by atoms with E-state index in [1.807, 2.05) is 31.2 Å². The van der Waals surface area contributed by atoms with Gasteiger partial charge in [-0.25, -0.2) is 0 Å². The number of likely N-dealkylation sites (N-methyl/N-ethyl adjacent to an activating group) is 1. The summed E-state index contributed by atoms with van der Waals surface area (Å²) in [5.41, 5.74) is 0.985. The van der Waals surface area contributed by atoms with Gasteiger partial charge in [0, 0.05) is 19.7 Å². The van der Waals surface area contributed by atoms with Crippen molar-refractivity contribution in [2.24, 2.45) is 0 Å². The number of carbonyl (C=O) groups excluding carboxylic acids is 1. The van der Waals surface area contributed by atoms with Crippen LogP contribution in [0.4, 0.5) is 0 Å². The maximum Gasteiger partial charge on any atom is 0.246 e. The Morgan fingerprint density at radius 1 is 1.38 bits per heavy atom. The molecule has 1 aromatic rings. The molecule has 0 unspecified atom stereocenters. The standard InChI is InChI=1S/C13H17NO2/c1-4-14(2)13(15)10-7-11-5-8-12(16-3)9-6-11/h5-10H,4H2,1-3H3/b10-7+. The van der Waals surface area contributed by atoms with Crippen molar-refractivity contribution in [2.75, 3.05) is 20.7 Å². The van der Waals surface area contributed by atoms with Crippen molar-refractivity contribution in [2.45, 2.75) is 6.92 Å². The monoisotopic (exact) mass is 219 g/mol. The third-order valence-corrected chi connectivity index (χ3v) is 2.38. The minimum absolute atomic E-state index is 0.0123. The van der Waals surface area contributed by atoms with E-state index in [1.54, 1.807) is 31.2 Å². The Bertz CT molecular complexity index is 368. The van der Waals surface area contributed by atoms with Gasteiger partial charge in [-0.05, 0) is 30.7 Å². The van der Waals surface area contributed by atoms with Gasteiger partial charge in [0.05, 0.1) is 7.11 Å². The average molecular weight is 219 g/mol. The summed E-state index contributed by atoms with van der Waals surface area (Å²) in [6.07, 6.45) is 3.37. The Hall–Kier alpha value is -1.77. The van der Waals surface area contributed by atoms with Crippen LogP contribution in [0.25, 0.3) is 6.08 Å². The molecule has 86 valence electrons. The van der Waals surface area contributed by atoms with E-state index >= 15 is 0 Å². The molecule has 16 heavy (non-hydrogen) atoms. The topological polar surface area (TPSA) is 29.5 Å². The fraction of sp³-hybridized carbons (Fsp3) is 0.308. The summed E-state index contributed by atoms with van der Waals surface area (Å²) in [6.45, 7) is 2.66. The third kappa shape index (κ3) is 3.42. The van der Waals surface area contributed by atoms with Crippen molar-refractivity contribution >= 4 is 12.0 Å². The van der Waals surface area contributed by atoms with Crippen LogP contribution < -0.4 is 4.74 Å². The lowest BCUT2D eigenvalue weighted by atomic mass is 10.2. The number of carbonyl (C=O) groups is 1. The van der Waals surface area contributed by atoms with Gasteiger partial charge in [-0.15, -0.1) is 0 Å². The predicted molar refractivity (Wildman–Crippen MR) is 65.3 cm³/mol. The first-order valence-electron chi connectivity index (χ1n) is 5.24. The number of rotatable bonds is 4. The molecular formula is C13H17NO2. The molecule has 0 spiro atoms. The predicted octanol–water partition coefficient (Wildman–Crippen LogP) is 2.19. The number of benzene rings is 1. The second-order valence-electron chi connectivity index (χ2n) is 3.46.